The van der Waals surface area contributed by atoms with Gasteiger partial charge in [-0.15, -0.1) is 0 Å². The Bertz CT molecular complexity index is 207. The number of allylic oxidation sites excluding steroid dienone is 4. The first-order chi connectivity index (χ1) is 4.60. The summed E-state index contributed by atoms with van der Waals surface area (Å²) in [5.74, 6) is 0. The van der Waals surface area contributed by atoms with Gasteiger partial charge in [0, 0.05) is 4.75 Å². The van der Waals surface area contributed by atoms with Crippen molar-refractivity contribution < 1.29 is 0 Å². The Balaban J connectivity index is 2.88. The largest absolute Gasteiger partial charge is 0.164 e. The minimum absolute atomic E-state index is 0.0751. The molecule has 0 saturated heterocycles. The Kier molecular flexibility index (Phi) is 2.05. The molecule has 1 heteroatoms. The van der Waals surface area contributed by atoms with E-state index in [0.717, 1.165) is 0 Å². The van der Waals surface area contributed by atoms with Crippen molar-refractivity contribution in [3.8, 4) is 0 Å². The zero-order chi connectivity index (χ0) is 7.61. The average molecular weight is 152 g/mol. The lowest BCUT2D eigenvalue weighted by Gasteiger charge is -2.10. The van der Waals surface area contributed by atoms with Gasteiger partial charge in [0.1, 0.15) is 0 Å². The maximum atomic E-state index is 4.42. The van der Waals surface area contributed by atoms with Gasteiger partial charge in [-0.3, -0.25) is 0 Å². The van der Waals surface area contributed by atoms with E-state index in [1.807, 2.05) is 6.08 Å². The fraction of sp³-hybridized carbons (Fsp3) is 0.333. The van der Waals surface area contributed by atoms with E-state index in [1.165, 1.54) is 5.57 Å². The van der Waals surface area contributed by atoms with E-state index in [1.54, 1.807) is 0 Å². The molecule has 0 spiro atoms. The van der Waals surface area contributed by atoms with Crippen LogP contribution in [0.4, 0.5) is 0 Å². The Hall–Kier alpha value is -0.430. The fourth-order valence-corrected chi connectivity index (χ4v) is 0.967. The van der Waals surface area contributed by atoms with Crippen LogP contribution in [0.2, 0.25) is 0 Å². The average Bonchev–Trinajstić information content (AvgIpc) is 1.94. The monoisotopic (exact) mass is 152 g/mol. The molecule has 1 atom stereocenters. The van der Waals surface area contributed by atoms with Crippen molar-refractivity contribution in [1.82, 2.24) is 0 Å². The molecule has 0 N–H and O–H groups in total. The maximum Gasteiger partial charge on any atom is 0.0466 e. The first-order valence-electron chi connectivity index (χ1n) is 3.38. The van der Waals surface area contributed by atoms with Gasteiger partial charge in [0.15, 0.2) is 0 Å². The van der Waals surface area contributed by atoms with Gasteiger partial charge < -0.3 is 0 Å². The van der Waals surface area contributed by atoms with Gasteiger partial charge in [-0.2, -0.15) is 12.6 Å². The van der Waals surface area contributed by atoms with E-state index in [4.69, 9.17) is 0 Å². The maximum absolute atomic E-state index is 4.42. The highest BCUT2D eigenvalue weighted by Crippen LogP contribution is 2.20. The highest BCUT2D eigenvalue weighted by Gasteiger charge is 2.09. The summed E-state index contributed by atoms with van der Waals surface area (Å²) < 4.78 is -0.0751. The minimum Gasteiger partial charge on any atom is -0.164 e. The lowest BCUT2D eigenvalue weighted by atomic mass is 10.1. The Morgan fingerprint density at radius 3 is 2.80 bits per heavy atom. The van der Waals surface area contributed by atoms with E-state index < -0.39 is 0 Å². The van der Waals surface area contributed by atoms with Gasteiger partial charge in [-0.1, -0.05) is 36.0 Å². The second-order valence-electron chi connectivity index (χ2n) is 2.83. The molecule has 1 aliphatic carbocycles. The van der Waals surface area contributed by atoms with Gasteiger partial charge in [0.25, 0.3) is 0 Å². The summed E-state index contributed by atoms with van der Waals surface area (Å²) >= 11 is 4.42. The van der Waals surface area contributed by atoms with Crippen molar-refractivity contribution >= 4 is 12.6 Å². The Labute approximate surface area is 67.7 Å². The second-order valence-corrected chi connectivity index (χ2v) is 3.79. The van der Waals surface area contributed by atoms with Gasteiger partial charge >= 0.3 is 0 Å². The Morgan fingerprint density at radius 1 is 1.40 bits per heavy atom. The van der Waals surface area contributed by atoms with Crippen molar-refractivity contribution in [2.45, 2.75) is 18.6 Å². The molecular weight excluding hydrogens is 140 g/mol. The van der Waals surface area contributed by atoms with Gasteiger partial charge in [-0.25, -0.2) is 0 Å². The molecule has 0 aromatic heterocycles. The van der Waals surface area contributed by atoms with Crippen LogP contribution in [0.1, 0.15) is 13.8 Å². The van der Waals surface area contributed by atoms with Crippen molar-refractivity contribution in [3.05, 3.63) is 36.0 Å². The van der Waals surface area contributed by atoms with Crippen LogP contribution in [0.25, 0.3) is 0 Å². The van der Waals surface area contributed by atoms with Crippen molar-refractivity contribution in [2.24, 2.45) is 0 Å². The zero-order valence-corrected chi connectivity index (χ0v) is 7.23. The quantitative estimate of drug-likeness (QED) is 0.507. The molecule has 10 heavy (non-hydrogen) atoms. The summed E-state index contributed by atoms with van der Waals surface area (Å²) in [6, 6.07) is 0. The summed E-state index contributed by atoms with van der Waals surface area (Å²) in [4.78, 5) is 0. The summed E-state index contributed by atoms with van der Waals surface area (Å²) in [6.07, 6.45) is 10.4. The lowest BCUT2D eigenvalue weighted by molar-refractivity contribution is 1.02. The molecule has 0 aliphatic heterocycles. The number of hydrogen-bond acceptors (Lipinski definition) is 1. The van der Waals surface area contributed by atoms with Gasteiger partial charge in [0.2, 0.25) is 0 Å². The number of hydrogen-bond donors (Lipinski definition) is 1. The molecule has 1 aliphatic rings. The van der Waals surface area contributed by atoms with Crippen LogP contribution in [-0.4, -0.2) is 4.75 Å². The highest BCUT2D eigenvalue weighted by molar-refractivity contribution is 7.82. The van der Waals surface area contributed by atoms with Gasteiger partial charge in [0.05, 0.1) is 0 Å². The van der Waals surface area contributed by atoms with Crippen LogP contribution in [0.15, 0.2) is 36.0 Å². The minimum atomic E-state index is -0.0751. The third kappa shape index (κ3) is 2.07. The summed E-state index contributed by atoms with van der Waals surface area (Å²) in [5.41, 5.74) is 1.27. The summed E-state index contributed by atoms with van der Waals surface area (Å²) in [7, 11) is 0. The van der Waals surface area contributed by atoms with Gasteiger partial charge in [-0.05, 0) is 13.8 Å². The predicted molar refractivity (Wildman–Crippen MR) is 49.4 cm³/mol. The molecule has 0 heterocycles. The van der Waals surface area contributed by atoms with E-state index >= 15 is 0 Å². The van der Waals surface area contributed by atoms with E-state index in [2.05, 4.69) is 50.8 Å². The molecule has 0 fully saturated rings. The molecule has 0 radical (unpaired) electrons. The summed E-state index contributed by atoms with van der Waals surface area (Å²) in [5, 5.41) is 0. The van der Waals surface area contributed by atoms with Crippen LogP contribution in [0.5, 0.6) is 0 Å². The van der Waals surface area contributed by atoms with E-state index in [9.17, 15) is 0 Å². The van der Waals surface area contributed by atoms with Crippen LogP contribution in [0, 0.1) is 0 Å². The molecule has 0 aromatic carbocycles. The zero-order valence-electron chi connectivity index (χ0n) is 6.33. The molecule has 0 bridgehead atoms. The van der Waals surface area contributed by atoms with Crippen LogP contribution in [0.3, 0.4) is 0 Å². The van der Waals surface area contributed by atoms with Crippen molar-refractivity contribution in [2.75, 3.05) is 0 Å². The smallest absolute Gasteiger partial charge is 0.0466 e. The second kappa shape index (κ2) is 2.67. The molecule has 1 unspecified atom stereocenters. The molecule has 0 saturated carbocycles. The normalized spacial score (nSPS) is 31.7. The third-order valence-corrected chi connectivity index (χ3v) is 1.77. The van der Waals surface area contributed by atoms with Crippen LogP contribution < -0.4 is 0 Å². The predicted octanol–water partition coefficient (Wildman–Crippen LogP) is 2.75. The summed E-state index contributed by atoms with van der Waals surface area (Å²) in [6.45, 7) is 4.14. The lowest BCUT2D eigenvalue weighted by Crippen LogP contribution is -2.06. The van der Waals surface area contributed by atoms with E-state index in [-0.39, 0.29) is 4.75 Å². The fourth-order valence-electron chi connectivity index (χ4n) is 0.806. The number of thiol groups is 1. The van der Waals surface area contributed by atoms with Crippen LogP contribution in [-0.2, 0) is 0 Å². The third-order valence-electron chi connectivity index (χ3n) is 1.48. The highest BCUT2D eigenvalue weighted by atomic mass is 32.1. The molecule has 0 aromatic rings. The standard InChI is InChI=1S/C9H12S/c1-8-4-3-6-9(2,10)7-5-8/h3-7,10H,1-2H3. The van der Waals surface area contributed by atoms with Crippen molar-refractivity contribution in [1.29, 1.82) is 0 Å². The first-order valence-corrected chi connectivity index (χ1v) is 3.83. The molecule has 1 rings (SSSR count). The molecule has 54 valence electrons. The first kappa shape index (κ1) is 7.67. The Morgan fingerprint density at radius 2 is 2.10 bits per heavy atom. The van der Waals surface area contributed by atoms with E-state index in [0.29, 0.717) is 0 Å². The topological polar surface area (TPSA) is 0 Å². The molecule has 0 nitrogen and oxygen atoms in total. The molecule has 0 amide bonds. The molecular formula is C9H12S. The van der Waals surface area contributed by atoms with Crippen LogP contribution >= 0.6 is 12.6 Å². The SMILES string of the molecule is CC1=CC=CC(C)(S)C=C1. The number of rotatable bonds is 0. The van der Waals surface area contributed by atoms with Crippen molar-refractivity contribution in [3.63, 3.8) is 0 Å².